The van der Waals surface area contributed by atoms with Crippen LogP contribution in [0.3, 0.4) is 0 Å². The van der Waals surface area contributed by atoms with Gasteiger partial charge in [0.2, 0.25) is 5.91 Å². The molecule has 0 aromatic carbocycles. The van der Waals surface area contributed by atoms with Crippen molar-refractivity contribution in [3.63, 3.8) is 0 Å². The van der Waals surface area contributed by atoms with E-state index in [0.29, 0.717) is 6.42 Å². The van der Waals surface area contributed by atoms with Gasteiger partial charge in [0.05, 0.1) is 0 Å². The summed E-state index contributed by atoms with van der Waals surface area (Å²) in [5, 5.41) is 17.2. The molecule has 1 heterocycles. The predicted molar refractivity (Wildman–Crippen MR) is 84.6 cm³/mol. The van der Waals surface area contributed by atoms with Gasteiger partial charge in [-0.1, -0.05) is 30.5 Å². The number of amidine groups is 1. The monoisotopic (exact) mass is 309 g/mol. The molecule has 2 rings (SSSR count). The first-order valence-corrected chi connectivity index (χ1v) is 8.36. The molecule has 0 aliphatic heterocycles. The van der Waals surface area contributed by atoms with E-state index in [1.807, 2.05) is 11.4 Å². The average Bonchev–Trinajstić information content (AvgIpc) is 3.00. The molecule has 1 aliphatic carbocycles. The lowest BCUT2D eigenvalue weighted by atomic mass is 9.80. The number of nitrogens with zero attached hydrogens (tertiary/aromatic N) is 1. The van der Waals surface area contributed by atoms with Gasteiger partial charge in [-0.3, -0.25) is 4.79 Å². The third-order valence-corrected chi connectivity index (χ3v) is 5.03. The van der Waals surface area contributed by atoms with Gasteiger partial charge in [0.1, 0.15) is 5.54 Å². The van der Waals surface area contributed by atoms with Crippen LogP contribution in [0.4, 0.5) is 0 Å². The summed E-state index contributed by atoms with van der Waals surface area (Å²) in [6, 6.07) is 4.11. The molecular weight excluding hydrogens is 286 g/mol. The summed E-state index contributed by atoms with van der Waals surface area (Å²) in [6.45, 7) is 0. The number of hydrogen-bond donors (Lipinski definition) is 3. The van der Waals surface area contributed by atoms with E-state index in [9.17, 15) is 4.79 Å². The zero-order chi connectivity index (χ0) is 15.1. The Bertz CT molecular complexity index is 479. The fourth-order valence-corrected chi connectivity index (χ4v) is 3.65. The number of nitrogens with two attached hydrogens (primary N) is 1. The number of aryl methyl sites for hydroxylation is 1. The van der Waals surface area contributed by atoms with E-state index in [2.05, 4.69) is 16.5 Å². The Kier molecular flexibility index (Phi) is 5.61. The number of amides is 1. The minimum absolute atomic E-state index is 0.0138. The Balaban J connectivity index is 1.86. The maximum Gasteiger partial charge on any atom is 0.220 e. The first-order valence-electron chi connectivity index (χ1n) is 7.48. The maximum absolute atomic E-state index is 12.2. The van der Waals surface area contributed by atoms with Crippen molar-refractivity contribution in [3.05, 3.63) is 22.4 Å². The minimum Gasteiger partial charge on any atom is -0.409 e. The molecule has 21 heavy (non-hydrogen) atoms. The molecule has 1 aromatic heterocycles. The fraction of sp³-hybridized carbons (Fsp3) is 0.600. The zero-order valence-corrected chi connectivity index (χ0v) is 13.0. The molecule has 6 heteroatoms. The highest BCUT2D eigenvalue weighted by Gasteiger charge is 2.37. The lowest BCUT2D eigenvalue weighted by molar-refractivity contribution is -0.122. The van der Waals surface area contributed by atoms with Gasteiger partial charge in [-0.05, 0) is 37.1 Å². The Labute approximate surface area is 129 Å². The van der Waals surface area contributed by atoms with Crippen molar-refractivity contribution in [2.45, 2.75) is 56.9 Å². The van der Waals surface area contributed by atoms with Crippen molar-refractivity contribution in [1.82, 2.24) is 5.32 Å². The van der Waals surface area contributed by atoms with Crippen LogP contribution >= 0.6 is 11.3 Å². The summed E-state index contributed by atoms with van der Waals surface area (Å²) in [6.07, 6.45) is 6.82. The number of oxime groups is 1. The van der Waals surface area contributed by atoms with Crippen molar-refractivity contribution < 1.29 is 10.0 Å². The topological polar surface area (TPSA) is 87.7 Å². The van der Waals surface area contributed by atoms with Crippen LogP contribution in [0.5, 0.6) is 0 Å². The number of carbonyl (C=O) groups excluding carboxylic acids is 1. The summed E-state index contributed by atoms with van der Waals surface area (Å²) < 4.78 is 0. The fourth-order valence-electron chi connectivity index (χ4n) is 2.90. The predicted octanol–water partition coefficient (Wildman–Crippen LogP) is 2.64. The van der Waals surface area contributed by atoms with E-state index >= 15 is 0 Å². The van der Waals surface area contributed by atoms with E-state index in [0.717, 1.165) is 44.9 Å². The molecule has 0 radical (unpaired) electrons. The highest BCUT2D eigenvalue weighted by atomic mass is 32.1. The first kappa shape index (κ1) is 15.8. The van der Waals surface area contributed by atoms with Gasteiger partial charge in [0.15, 0.2) is 5.84 Å². The highest BCUT2D eigenvalue weighted by Crippen LogP contribution is 2.28. The second kappa shape index (κ2) is 7.45. The second-order valence-electron chi connectivity index (χ2n) is 5.61. The summed E-state index contributed by atoms with van der Waals surface area (Å²) in [7, 11) is 0. The summed E-state index contributed by atoms with van der Waals surface area (Å²) in [4.78, 5) is 13.5. The number of nitrogens with one attached hydrogen (secondary N) is 1. The van der Waals surface area contributed by atoms with Gasteiger partial charge in [-0.25, -0.2) is 0 Å². The SMILES string of the molecule is N/C(=N/O)C1(NC(=O)CCCc2cccs2)CCCCC1. The van der Waals surface area contributed by atoms with Gasteiger partial charge < -0.3 is 16.3 Å². The molecule has 0 unspecified atom stereocenters. The van der Waals surface area contributed by atoms with E-state index in [1.54, 1.807) is 11.3 Å². The molecule has 0 saturated heterocycles. The molecule has 0 spiro atoms. The molecule has 5 nitrogen and oxygen atoms in total. The Morgan fingerprint density at radius 2 is 2.19 bits per heavy atom. The van der Waals surface area contributed by atoms with E-state index < -0.39 is 5.54 Å². The van der Waals surface area contributed by atoms with Gasteiger partial charge in [0.25, 0.3) is 0 Å². The lowest BCUT2D eigenvalue weighted by Gasteiger charge is -2.36. The van der Waals surface area contributed by atoms with Gasteiger partial charge >= 0.3 is 0 Å². The van der Waals surface area contributed by atoms with E-state index in [-0.39, 0.29) is 11.7 Å². The molecule has 1 amide bonds. The highest BCUT2D eigenvalue weighted by molar-refractivity contribution is 7.09. The molecule has 1 fully saturated rings. The summed E-state index contributed by atoms with van der Waals surface area (Å²) >= 11 is 1.71. The number of hydrogen-bond acceptors (Lipinski definition) is 4. The van der Waals surface area contributed by atoms with Crippen molar-refractivity contribution in [2.75, 3.05) is 0 Å². The number of carbonyl (C=O) groups is 1. The molecule has 116 valence electrons. The molecule has 1 aromatic rings. The van der Waals surface area contributed by atoms with Gasteiger partial charge in [-0.2, -0.15) is 0 Å². The molecular formula is C15H23N3O2S. The van der Waals surface area contributed by atoms with Crippen LogP contribution in [0, 0.1) is 0 Å². The quantitative estimate of drug-likeness (QED) is 0.327. The third-order valence-electron chi connectivity index (χ3n) is 4.09. The van der Waals surface area contributed by atoms with Crippen molar-refractivity contribution in [1.29, 1.82) is 0 Å². The second-order valence-corrected chi connectivity index (χ2v) is 6.64. The van der Waals surface area contributed by atoms with Crippen molar-refractivity contribution in [2.24, 2.45) is 10.9 Å². The Hall–Kier alpha value is -1.56. The summed E-state index contributed by atoms with van der Waals surface area (Å²) in [5.74, 6) is 0.119. The van der Waals surface area contributed by atoms with Crippen LogP contribution in [0.1, 0.15) is 49.8 Å². The first-order chi connectivity index (χ1) is 10.2. The Morgan fingerprint density at radius 3 is 2.81 bits per heavy atom. The van der Waals surface area contributed by atoms with Crippen LogP contribution in [-0.4, -0.2) is 22.5 Å². The Morgan fingerprint density at radius 1 is 1.43 bits per heavy atom. The third kappa shape index (κ3) is 4.20. The zero-order valence-electron chi connectivity index (χ0n) is 12.2. The lowest BCUT2D eigenvalue weighted by Crippen LogP contribution is -2.58. The van der Waals surface area contributed by atoms with Crippen LogP contribution in [0.25, 0.3) is 0 Å². The van der Waals surface area contributed by atoms with Gasteiger partial charge in [0, 0.05) is 11.3 Å². The number of rotatable bonds is 6. The smallest absolute Gasteiger partial charge is 0.220 e. The standard InChI is InChI=1S/C15H23N3O2S/c16-14(18-20)15(9-2-1-3-10-15)17-13(19)8-4-6-12-7-5-11-21-12/h5,7,11,20H,1-4,6,8-10H2,(H2,16,18)(H,17,19). The maximum atomic E-state index is 12.2. The summed E-state index contributed by atoms with van der Waals surface area (Å²) in [5.41, 5.74) is 5.18. The van der Waals surface area contributed by atoms with Crippen LogP contribution < -0.4 is 11.1 Å². The van der Waals surface area contributed by atoms with Gasteiger partial charge in [-0.15, -0.1) is 11.3 Å². The van der Waals surface area contributed by atoms with Crippen LogP contribution in [0.15, 0.2) is 22.7 Å². The normalized spacial score (nSPS) is 18.4. The van der Waals surface area contributed by atoms with E-state index in [1.165, 1.54) is 4.88 Å². The molecule has 1 aliphatic rings. The largest absolute Gasteiger partial charge is 0.409 e. The minimum atomic E-state index is -0.646. The van der Waals surface area contributed by atoms with Crippen molar-refractivity contribution >= 4 is 23.1 Å². The average molecular weight is 309 g/mol. The molecule has 1 saturated carbocycles. The molecule has 4 N–H and O–H groups in total. The van der Waals surface area contributed by atoms with E-state index in [4.69, 9.17) is 10.9 Å². The molecule has 0 atom stereocenters. The number of thiophene rings is 1. The molecule has 0 bridgehead atoms. The van der Waals surface area contributed by atoms with Crippen molar-refractivity contribution in [3.8, 4) is 0 Å². The van der Waals surface area contributed by atoms with Crippen LogP contribution in [0.2, 0.25) is 0 Å². The van der Waals surface area contributed by atoms with Crippen LogP contribution in [-0.2, 0) is 11.2 Å².